The third-order valence-electron chi connectivity index (χ3n) is 9.37. The summed E-state index contributed by atoms with van der Waals surface area (Å²) in [7, 11) is 0. The number of aromatic nitrogens is 3. The fraction of sp³-hybridized carbons (Fsp3) is 0.543. The Hall–Kier alpha value is -2.95. The van der Waals surface area contributed by atoms with Crippen LogP contribution in [-0.2, 0) is 28.9 Å². The fourth-order valence-electron chi connectivity index (χ4n) is 7.21. The van der Waals surface area contributed by atoms with Gasteiger partial charge >= 0.3 is 6.09 Å². The number of aryl methyl sites for hydroxylation is 4. The van der Waals surface area contributed by atoms with Gasteiger partial charge in [-0.25, -0.2) is 9.78 Å². The lowest BCUT2D eigenvalue weighted by Crippen LogP contribution is -2.62. The number of imidazole rings is 1. The molecule has 1 aliphatic carbocycles. The number of benzene rings is 1. The lowest BCUT2D eigenvalue weighted by molar-refractivity contribution is -0.141. The first-order valence-corrected chi connectivity index (χ1v) is 17.6. The quantitative estimate of drug-likeness (QED) is 0.303. The maximum absolute atomic E-state index is 14.5. The summed E-state index contributed by atoms with van der Waals surface area (Å²) in [6.07, 6.45) is 10.1. The molecule has 2 aromatic heterocycles. The number of ether oxygens (including phenoxy) is 1. The van der Waals surface area contributed by atoms with E-state index in [9.17, 15) is 9.59 Å². The molecule has 246 valence electrons. The molecule has 0 spiro atoms. The lowest BCUT2D eigenvalue weighted by Gasteiger charge is -2.46. The molecule has 2 aliphatic heterocycles. The van der Waals surface area contributed by atoms with E-state index >= 15 is 0 Å². The number of piperidine rings is 1. The molecular weight excluding hydrogens is 668 g/mol. The molecule has 1 aromatic carbocycles. The largest absolute Gasteiger partial charge is 0.444 e. The molecule has 2 saturated heterocycles. The van der Waals surface area contributed by atoms with Crippen LogP contribution in [0.15, 0.2) is 47.5 Å². The first-order chi connectivity index (χ1) is 21.9. The summed E-state index contributed by atoms with van der Waals surface area (Å²) in [5.74, 6) is 0.385. The van der Waals surface area contributed by atoms with Gasteiger partial charge in [-0.15, -0.1) is 0 Å². The molecule has 9 nitrogen and oxygen atoms in total. The zero-order chi connectivity index (χ0) is 32.6. The second-order valence-electron chi connectivity index (χ2n) is 14.0. The first-order valence-electron chi connectivity index (χ1n) is 16.4. The standard InChI is InChI=1S/C35H44BrClN6O3/c1-23-19-40(22-39-23)13-11-24-6-5-12-42(20-24)33(44)30-21-41(14-15-43(30)34(45)46-35(2,3)4)32-29-10-9-28(37)17-25(29)7-8-26-16-27(36)18-38-31(26)32/h9-10,16-19,22,24,30,32H,5-8,11-15,20-21H2,1-4H3/t24-,30-,32?/m1/s1. The molecule has 0 N–H and O–H groups in total. The van der Waals surface area contributed by atoms with Crippen LogP contribution < -0.4 is 0 Å². The Kier molecular flexibility index (Phi) is 9.78. The van der Waals surface area contributed by atoms with E-state index in [1.807, 2.05) is 51.2 Å². The number of halogens is 2. The van der Waals surface area contributed by atoms with E-state index in [2.05, 4.69) is 54.8 Å². The Morgan fingerprint density at radius 1 is 1.07 bits per heavy atom. The Morgan fingerprint density at radius 2 is 1.87 bits per heavy atom. The van der Waals surface area contributed by atoms with E-state index in [1.54, 1.807) is 4.90 Å². The van der Waals surface area contributed by atoms with Gasteiger partial charge in [0.25, 0.3) is 0 Å². The number of hydrogen-bond donors (Lipinski definition) is 0. The molecule has 0 saturated carbocycles. The van der Waals surface area contributed by atoms with Crippen LogP contribution in [0, 0.1) is 12.8 Å². The van der Waals surface area contributed by atoms with Crippen molar-refractivity contribution in [3.8, 4) is 0 Å². The summed E-state index contributed by atoms with van der Waals surface area (Å²) in [6, 6.07) is 7.42. The minimum atomic E-state index is -0.670. The van der Waals surface area contributed by atoms with Gasteiger partial charge in [0.1, 0.15) is 11.6 Å². The van der Waals surface area contributed by atoms with Crippen molar-refractivity contribution in [2.45, 2.75) is 84.0 Å². The average Bonchev–Trinajstić information content (AvgIpc) is 3.37. The molecular formula is C35H44BrClN6O3. The number of likely N-dealkylation sites (tertiary alicyclic amines) is 1. The van der Waals surface area contributed by atoms with Gasteiger partial charge in [0.2, 0.25) is 5.91 Å². The summed E-state index contributed by atoms with van der Waals surface area (Å²) < 4.78 is 8.92. The number of amides is 2. The van der Waals surface area contributed by atoms with Crippen LogP contribution in [-0.4, -0.2) is 85.6 Å². The Morgan fingerprint density at radius 3 is 2.63 bits per heavy atom. The highest BCUT2D eigenvalue weighted by Crippen LogP contribution is 2.39. The summed E-state index contributed by atoms with van der Waals surface area (Å²) in [6.45, 7) is 11.2. The van der Waals surface area contributed by atoms with E-state index < -0.39 is 17.7 Å². The number of hydrogen-bond acceptors (Lipinski definition) is 6. The first kappa shape index (κ1) is 33.0. The van der Waals surface area contributed by atoms with Crippen molar-refractivity contribution in [1.82, 2.24) is 29.2 Å². The Balaban J connectivity index is 1.29. The summed E-state index contributed by atoms with van der Waals surface area (Å²) in [4.78, 5) is 43.4. The minimum absolute atomic E-state index is 0.00678. The van der Waals surface area contributed by atoms with Crippen LogP contribution in [0.4, 0.5) is 4.79 Å². The average molecular weight is 712 g/mol. The summed E-state index contributed by atoms with van der Waals surface area (Å²) in [5.41, 5.74) is 4.86. The third-order valence-corrected chi connectivity index (χ3v) is 10.0. The fourth-order valence-corrected chi connectivity index (χ4v) is 7.78. The van der Waals surface area contributed by atoms with Crippen molar-refractivity contribution in [2.75, 3.05) is 32.7 Å². The number of piperazine rings is 1. The number of fused-ring (bicyclic) bond motifs is 2. The van der Waals surface area contributed by atoms with Crippen LogP contribution >= 0.6 is 27.5 Å². The van der Waals surface area contributed by atoms with Crippen LogP contribution in [0.5, 0.6) is 0 Å². The van der Waals surface area contributed by atoms with Gasteiger partial charge in [0.05, 0.1) is 23.8 Å². The van der Waals surface area contributed by atoms with Crippen LogP contribution in [0.1, 0.15) is 74.2 Å². The van der Waals surface area contributed by atoms with Crippen molar-refractivity contribution >= 4 is 39.5 Å². The van der Waals surface area contributed by atoms with Crippen molar-refractivity contribution in [1.29, 1.82) is 0 Å². The van der Waals surface area contributed by atoms with Gasteiger partial charge in [-0.1, -0.05) is 17.7 Å². The van der Waals surface area contributed by atoms with Gasteiger partial charge in [-0.3, -0.25) is 19.6 Å². The smallest absolute Gasteiger partial charge is 0.411 e. The molecule has 1 unspecified atom stereocenters. The second kappa shape index (κ2) is 13.6. The number of nitrogens with zero attached hydrogens (tertiary/aromatic N) is 6. The zero-order valence-electron chi connectivity index (χ0n) is 27.2. The highest BCUT2D eigenvalue weighted by molar-refractivity contribution is 9.10. The van der Waals surface area contributed by atoms with Crippen molar-refractivity contribution in [3.63, 3.8) is 0 Å². The van der Waals surface area contributed by atoms with Crippen LogP contribution in [0.2, 0.25) is 5.02 Å². The van der Waals surface area contributed by atoms with Crippen molar-refractivity contribution < 1.29 is 14.3 Å². The predicted molar refractivity (Wildman–Crippen MR) is 182 cm³/mol. The lowest BCUT2D eigenvalue weighted by atomic mass is 9.93. The van der Waals surface area contributed by atoms with Crippen LogP contribution in [0.25, 0.3) is 0 Å². The number of carbonyl (C=O) groups is 2. The highest BCUT2D eigenvalue weighted by Gasteiger charge is 2.43. The van der Waals surface area contributed by atoms with Crippen molar-refractivity contribution in [3.05, 3.63) is 80.6 Å². The topological polar surface area (TPSA) is 83.8 Å². The maximum Gasteiger partial charge on any atom is 0.411 e. The molecule has 3 aromatic rings. The van der Waals surface area contributed by atoms with Crippen molar-refractivity contribution in [2.24, 2.45) is 5.92 Å². The molecule has 0 radical (unpaired) electrons. The Bertz CT molecular complexity index is 1530. The second-order valence-corrected chi connectivity index (χ2v) is 15.3. The van der Waals surface area contributed by atoms with Gasteiger partial charge in [0.15, 0.2) is 0 Å². The molecule has 0 bridgehead atoms. The molecule has 46 heavy (non-hydrogen) atoms. The molecule has 2 fully saturated rings. The number of carbonyl (C=O) groups excluding carboxylic acids is 2. The monoisotopic (exact) mass is 710 g/mol. The SMILES string of the molecule is Cc1cn(CC[C@H]2CCCN(C(=O)[C@H]3CN(C4c5ccc(Cl)cc5CCc5cc(Br)cnc54)CCN3C(=O)OC(C)(C)C)C2)cn1. The predicted octanol–water partition coefficient (Wildman–Crippen LogP) is 6.44. The van der Waals surface area contributed by atoms with Gasteiger partial charge in [-0.2, -0.15) is 0 Å². The normalized spacial score (nSPS) is 22.2. The van der Waals surface area contributed by atoms with E-state index in [4.69, 9.17) is 21.3 Å². The van der Waals surface area contributed by atoms with Gasteiger partial charge in [0, 0.05) is 61.2 Å². The molecule has 11 heteroatoms. The molecule has 4 heterocycles. The van der Waals surface area contributed by atoms with E-state index in [0.29, 0.717) is 43.7 Å². The van der Waals surface area contributed by atoms with E-state index in [0.717, 1.165) is 60.1 Å². The Labute approximate surface area is 285 Å². The molecule has 6 rings (SSSR count). The number of rotatable bonds is 5. The van der Waals surface area contributed by atoms with Gasteiger partial charge < -0.3 is 14.2 Å². The summed E-state index contributed by atoms with van der Waals surface area (Å²) in [5, 5.41) is 0.711. The van der Waals surface area contributed by atoms with Crippen LogP contribution in [0.3, 0.4) is 0 Å². The van der Waals surface area contributed by atoms with E-state index in [-0.39, 0.29) is 11.9 Å². The summed E-state index contributed by atoms with van der Waals surface area (Å²) >= 11 is 10.1. The molecule has 3 atom stereocenters. The molecule has 2 amide bonds. The molecule has 3 aliphatic rings. The highest BCUT2D eigenvalue weighted by atomic mass is 79.9. The number of pyridine rings is 1. The minimum Gasteiger partial charge on any atom is -0.444 e. The van der Waals surface area contributed by atoms with E-state index in [1.165, 1.54) is 11.1 Å². The van der Waals surface area contributed by atoms with Gasteiger partial charge in [-0.05, 0) is 117 Å². The zero-order valence-corrected chi connectivity index (χ0v) is 29.6. The third kappa shape index (κ3) is 7.44. The maximum atomic E-state index is 14.5.